The van der Waals surface area contributed by atoms with Crippen molar-refractivity contribution in [2.45, 2.75) is 44.4 Å². The van der Waals surface area contributed by atoms with Crippen LogP contribution in [0.5, 0.6) is 0 Å². The van der Waals surface area contributed by atoms with Gasteiger partial charge in [-0.15, -0.1) is 0 Å². The van der Waals surface area contributed by atoms with Crippen LogP contribution in [0.25, 0.3) is 11.9 Å². The number of hydrogen-bond acceptors (Lipinski definition) is 4. The van der Waals surface area contributed by atoms with Crippen LogP contribution in [-0.4, -0.2) is 42.0 Å². The summed E-state index contributed by atoms with van der Waals surface area (Å²) < 4.78 is 43.0. The van der Waals surface area contributed by atoms with Gasteiger partial charge in [0.25, 0.3) is 5.92 Å². The number of nitrogens with zero attached hydrogens (tertiary/aromatic N) is 3. The number of aromatic nitrogens is 1. The van der Waals surface area contributed by atoms with E-state index in [-0.39, 0.29) is 31.8 Å². The number of pyridine rings is 1. The number of piperidine rings is 2. The first-order valence-electron chi connectivity index (χ1n) is 12.7. The van der Waals surface area contributed by atoms with Crippen LogP contribution in [0.2, 0.25) is 0 Å². The Hall–Kier alpha value is -3.22. The van der Waals surface area contributed by atoms with Gasteiger partial charge in [-0.2, -0.15) is 0 Å². The zero-order valence-electron chi connectivity index (χ0n) is 20.5. The van der Waals surface area contributed by atoms with Gasteiger partial charge in [-0.1, -0.05) is 6.07 Å². The van der Waals surface area contributed by atoms with Gasteiger partial charge in [0.2, 0.25) is 0 Å². The lowest BCUT2D eigenvalue weighted by molar-refractivity contribution is -0.0468. The molecule has 0 radical (unpaired) electrons. The standard InChI is InChI=1S/C29H33F3N4/c30-26(25-4-3-24(33)20-27(25)36-16-8-28(6-7-28)9-17-36)19-22(18-23-2-1-12-34-21-23)5-13-35-14-10-29(31,32)11-15-35/h1-5,12-13,18-21H,6-11,14-17,33H2/b13-5+,22-18+,26-19-. The highest BCUT2D eigenvalue weighted by atomic mass is 19.3. The lowest BCUT2D eigenvalue weighted by Gasteiger charge is -2.35. The molecule has 3 aliphatic rings. The Morgan fingerprint density at radius 1 is 0.972 bits per heavy atom. The van der Waals surface area contributed by atoms with Gasteiger partial charge in [0.15, 0.2) is 0 Å². The minimum atomic E-state index is -2.61. The van der Waals surface area contributed by atoms with Crippen LogP contribution >= 0.6 is 0 Å². The largest absolute Gasteiger partial charge is 0.399 e. The van der Waals surface area contributed by atoms with Crippen molar-refractivity contribution < 1.29 is 13.2 Å². The van der Waals surface area contributed by atoms with Crippen molar-refractivity contribution in [1.82, 2.24) is 9.88 Å². The number of likely N-dealkylation sites (tertiary alicyclic amines) is 1. The Kier molecular flexibility index (Phi) is 6.82. The van der Waals surface area contributed by atoms with Crippen LogP contribution in [0.15, 0.2) is 66.7 Å². The minimum absolute atomic E-state index is 0.172. The molecule has 2 aliphatic heterocycles. The van der Waals surface area contributed by atoms with E-state index in [0.29, 0.717) is 22.2 Å². The number of anilines is 2. The van der Waals surface area contributed by atoms with E-state index in [0.717, 1.165) is 37.2 Å². The van der Waals surface area contributed by atoms with Crippen molar-refractivity contribution in [1.29, 1.82) is 0 Å². The summed E-state index contributed by atoms with van der Waals surface area (Å²) in [5.41, 5.74) is 10.0. The Bertz CT molecular complexity index is 1150. The Balaban J connectivity index is 1.42. The van der Waals surface area contributed by atoms with Gasteiger partial charge < -0.3 is 15.5 Å². The number of nitrogens with two attached hydrogens (primary N) is 1. The average molecular weight is 495 g/mol. The molecule has 2 N–H and O–H groups in total. The molecular weight excluding hydrogens is 461 g/mol. The molecule has 5 rings (SSSR count). The monoisotopic (exact) mass is 494 g/mol. The van der Waals surface area contributed by atoms with E-state index < -0.39 is 5.92 Å². The highest BCUT2D eigenvalue weighted by molar-refractivity contribution is 5.78. The Morgan fingerprint density at radius 2 is 1.72 bits per heavy atom. The number of halogens is 3. The minimum Gasteiger partial charge on any atom is -0.399 e. The predicted molar refractivity (Wildman–Crippen MR) is 140 cm³/mol. The van der Waals surface area contributed by atoms with Crippen LogP contribution < -0.4 is 10.6 Å². The molecule has 0 bridgehead atoms. The van der Waals surface area contributed by atoms with Crippen molar-refractivity contribution in [3.8, 4) is 0 Å². The van der Waals surface area contributed by atoms with Gasteiger partial charge in [-0.05, 0) is 90.9 Å². The molecule has 3 heterocycles. The van der Waals surface area contributed by atoms with E-state index in [9.17, 15) is 8.78 Å². The van der Waals surface area contributed by atoms with E-state index in [1.165, 1.54) is 18.9 Å². The molecule has 36 heavy (non-hydrogen) atoms. The molecule has 0 unspecified atom stereocenters. The average Bonchev–Trinajstić information content (AvgIpc) is 3.62. The number of rotatable bonds is 6. The molecule has 190 valence electrons. The fourth-order valence-corrected chi connectivity index (χ4v) is 5.12. The maximum atomic E-state index is 15.9. The number of alkyl halides is 2. The Labute approximate surface area is 211 Å². The molecule has 0 amide bonds. The quantitative estimate of drug-likeness (QED) is 0.359. The maximum Gasteiger partial charge on any atom is 0.251 e. The second kappa shape index (κ2) is 10.0. The van der Waals surface area contributed by atoms with Gasteiger partial charge in [-0.25, -0.2) is 13.2 Å². The summed E-state index contributed by atoms with van der Waals surface area (Å²) in [5.74, 6) is -2.97. The lowest BCUT2D eigenvalue weighted by Crippen LogP contribution is -2.36. The van der Waals surface area contributed by atoms with Gasteiger partial charge in [-0.3, -0.25) is 4.98 Å². The van der Waals surface area contributed by atoms with Crippen molar-refractivity contribution in [3.63, 3.8) is 0 Å². The first kappa shape index (κ1) is 24.5. The molecule has 1 aromatic carbocycles. The third-order valence-corrected chi connectivity index (χ3v) is 7.72. The van der Waals surface area contributed by atoms with Gasteiger partial charge in [0.1, 0.15) is 5.83 Å². The summed E-state index contributed by atoms with van der Waals surface area (Å²) in [5, 5.41) is 0. The summed E-state index contributed by atoms with van der Waals surface area (Å²) in [6.45, 7) is 2.35. The lowest BCUT2D eigenvalue weighted by atomic mass is 9.93. The molecular formula is C29H33F3N4. The van der Waals surface area contributed by atoms with Crippen molar-refractivity contribution >= 4 is 23.3 Å². The van der Waals surface area contributed by atoms with E-state index in [1.807, 2.05) is 29.2 Å². The molecule has 2 saturated heterocycles. The van der Waals surface area contributed by atoms with Crippen LogP contribution in [0.1, 0.15) is 49.7 Å². The highest BCUT2D eigenvalue weighted by Crippen LogP contribution is 2.54. The molecule has 1 aliphatic carbocycles. The topological polar surface area (TPSA) is 45.4 Å². The summed E-state index contributed by atoms with van der Waals surface area (Å²) in [6.07, 6.45) is 14.8. The summed E-state index contributed by atoms with van der Waals surface area (Å²) in [4.78, 5) is 8.25. The van der Waals surface area contributed by atoms with E-state index >= 15 is 4.39 Å². The van der Waals surface area contributed by atoms with Crippen molar-refractivity contribution in [3.05, 3.63) is 77.8 Å². The summed E-state index contributed by atoms with van der Waals surface area (Å²) in [6, 6.07) is 9.05. The van der Waals surface area contributed by atoms with Crippen LogP contribution in [0.4, 0.5) is 24.5 Å². The van der Waals surface area contributed by atoms with Gasteiger partial charge >= 0.3 is 0 Å². The van der Waals surface area contributed by atoms with Crippen molar-refractivity contribution in [2.75, 3.05) is 36.8 Å². The SMILES string of the molecule is Nc1ccc(/C(F)=C/C(/C=C/N2CCC(F)(F)CC2)=C/c2cccnc2)c(N2CCC3(CC2)CC3)c1. The number of nitrogen functional groups attached to an aromatic ring is 1. The van der Waals surface area contributed by atoms with Gasteiger partial charge in [0.05, 0.1) is 0 Å². The third-order valence-electron chi connectivity index (χ3n) is 7.72. The number of benzene rings is 1. The molecule has 1 spiro atoms. The molecule has 7 heteroatoms. The van der Waals surface area contributed by atoms with Gasteiger partial charge in [0, 0.05) is 68.4 Å². The summed E-state index contributed by atoms with van der Waals surface area (Å²) in [7, 11) is 0. The van der Waals surface area contributed by atoms with Crippen molar-refractivity contribution in [2.24, 2.45) is 5.41 Å². The maximum absolute atomic E-state index is 15.9. The zero-order chi connectivity index (χ0) is 25.2. The first-order chi connectivity index (χ1) is 17.3. The summed E-state index contributed by atoms with van der Waals surface area (Å²) >= 11 is 0. The number of hydrogen-bond donors (Lipinski definition) is 1. The zero-order valence-corrected chi connectivity index (χ0v) is 20.5. The smallest absolute Gasteiger partial charge is 0.251 e. The molecule has 1 saturated carbocycles. The highest BCUT2D eigenvalue weighted by Gasteiger charge is 2.44. The van der Waals surface area contributed by atoms with Crippen LogP contribution in [0.3, 0.4) is 0 Å². The molecule has 0 atom stereocenters. The van der Waals surface area contributed by atoms with E-state index in [2.05, 4.69) is 9.88 Å². The molecule has 4 nitrogen and oxygen atoms in total. The molecule has 1 aromatic heterocycles. The van der Waals surface area contributed by atoms with E-state index in [4.69, 9.17) is 5.73 Å². The Morgan fingerprint density at radius 3 is 2.39 bits per heavy atom. The predicted octanol–water partition coefficient (Wildman–Crippen LogP) is 6.68. The first-order valence-corrected chi connectivity index (χ1v) is 12.7. The van der Waals surface area contributed by atoms with Crippen LogP contribution in [-0.2, 0) is 0 Å². The van der Waals surface area contributed by atoms with E-state index in [1.54, 1.807) is 36.8 Å². The van der Waals surface area contributed by atoms with Crippen LogP contribution in [0, 0.1) is 5.41 Å². The second-order valence-corrected chi connectivity index (χ2v) is 10.4. The third kappa shape index (κ3) is 5.94. The second-order valence-electron chi connectivity index (χ2n) is 10.4. The fourth-order valence-electron chi connectivity index (χ4n) is 5.12. The fraction of sp³-hybridized carbons (Fsp3) is 0.414. The molecule has 2 aromatic rings. The number of allylic oxidation sites excluding steroid dienone is 3. The molecule has 3 fully saturated rings. The normalized spacial score (nSPS) is 21.9.